The molecule has 0 unspecified atom stereocenters. The molecular formula is C13H17ClO4. The van der Waals surface area contributed by atoms with Crippen molar-refractivity contribution in [3.8, 4) is 11.5 Å². The summed E-state index contributed by atoms with van der Waals surface area (Å²) in [5.74, 6) is 1.15. The first-order valence-corrected chi connectivity index (χ1v) is 6.27. The Kier molecular flexibility index (Phi) is 4.32. The van der Waals surface area contributed by atoms with Gasteiger partial charge in [-0.3, -0.25) is 0 Å². The Labute approximate surface area is 111 Å². The molecule has 1 fully saturated rings. The van der Waals surface area contributed by atoms with E-state index >= 15 is 0 Å². The number of rotatable bonds is 4. The van der Waals surface area contributed by atoms with Gasteiger partial charge in [0.1, 0.15) is 12.2 Å². The first-order valence-electron chi connectivity index (χ1n) is 5.89. The summed E-state index contributed by atoms with van der Waals surface area (Å²) >= 11 is 5.87. The minimum absolute atomic E-state index is 0.231. The number of benzene rings is 1. The molecule has 2 rings (SSSR count). The van der Waals surface area contributed by atoms with Crippen molar-refractivity contribution in [2.45, 2.75) is 18.4 Å². The molecule has 0 amide bonds. The van der Waals surface area contributed by atoms with E-state index in [1.165, 1.54) is 0 Å². The lowest BCUT2D eigenvalue weighted by atomic mass is 9.96. The largest absolute Gasteiger partial charge is 0.493 e. The van der Waals surface area contributed by atoms with E-state index in [0.717, 1.165) is 0 Å². The van der Waals surface area contributed by atoms with E-state index in [1.54, 1.807) is 25.3 Å². The molecule has 18 heavy (non-hydrogen) atoms. The number of aliphatic hydroxyl groups is 1. The minimum atomic E-state index is -0.817. The Hall–Kier alpha value is -0.970. The van der Waals surface area contributed by atoms with Crippen molar-refractivity contribution in [1.29, 1.82) is 0 Å². The van der Waals surface area contributed by atoms with Crippen molar-refractivity contribution in [3.05, 3.63) is 23.2 Å². The van der Waals surface area contributed by atoms with Gasteiger partial charge in [-0.05, 0) is 12.1 Å². The lowest BCUT2D eigenvalue weighted by Gasteiger charge is -2.31. The Morgan fingerprint density at radius 3 is 2.72 bits per heavy atom. The molecule has 0 saturated carbocycles. The Morgan fingerprint density at radius 1 is 1.33 bits per heavy atom. The van der Waals surface area contributed by atoms with Crippen LogP contribution in [0.15, 0.2) is 18.2 Å². The molecule has 1 aliphatic heterocycles. The van der Waals surface area contributed by atoms with E-state index < -0.39 is 5.60 Å². The standard InChI is InChI=1S/C13H17ClO4/c1-16-12-8-10(14)2-3-11(12)18-9-13(15)4-6-17-7-5-13/h2-3,8,15H,4-7,9H2,1H3. The molecule has 0 aromatic heterocycles. The summed E-state index contributed by atoms with van der Waals surface area (Å²) in [7, 11) is 1.56. The molecule has 100 valence electrons. The minimum Gasteiger partial charge on any atom is -0.493 e. The van der Waals surface area contributed by atoms with Crippen LogP contribution in [0.3, 0.4) is 0 Å². The van der Waals surface area contributed by atoms with Gasteiger partial charge in [0.25, 0.3) is 0 Å². The van der Waals surface area contributed by atoms with Gasteiger partial charge in [-0.15, -0.1) is 0 Å². The van der Waals surface area contributed by atoms with Crippen LogP contribution in [-0.4, -0.2) is 37.6 Å². The van der Waals surface area contributed by atoms with Crippen molar-refractivity contribution in [3.63, 3.8) is 0 Å². The van der Waals surface area contributed by atoms with Gasteiger partial charge in [-0.1, -0.05) is 11.6 Å². The quantitative estimate of drug-likeness (QED) is 0.913. The highest BCUT2D eigenvalue weighted by Gasteiger charge is 2.31. The molecular weight excluding hydrogens is 256 g/mol. The van der Waals surface area contributed by atoms with Gasteiger partial charge in [0.15, 0.2) is 11.5 Å². The first kappa shape index (κ1) is 13.5. The maximum Gasteiger partial charge on any atom is 0.162 e. The van der Waals surface area contributed by atoms with Gasteiger partial charge in [0, 0.05) is 37.1 Å². The lowest BCUT2D eigenvalue weighted by Crippen LogP contribution is -2.41. The Bertz CT molecular complexity index is 402. The second-order valence-corrected chi connectivity index (χ2v) is 4.86. The molecule has 0 radical (unpaired) electrons. The van der Waals surface area contributed by atoms with Gasteiger partial charge < -0.3 is 19.3 Å². The van der Waals surface area contributed by atoms with Crippen LogP contribution >= 0.6 is 11.6 Å². The lowest BCUT2D eigenvalue weighted by molar-refractivity contribution is -0.0858. The van der Waals surface area contributed by atoms with Crippen molar-refractivity contribution < 1.29 is 19.3 Å². The molecule has 1 aromatic rings. The Morgan fingerprint density at radius 2 is 2.06 bits per heavy atom. The third-order valence-corrected chi connectivity index (χ3v) is 3.28. The van der Waals surface area contributed by atoms with E-state index in [0.29, 0.717) is 42.6 Å². The van der Waals surface area contributed by atoms with Crippen molar-refractivity contribution in [1.82, 2.24) is 0 Å². The van der Waals surface area contributed by atoms with Crippen LogP contribution in [0, 0.1) is 0 Å². The highest BCUT2D eigenvalue weighted by atomic mass is 35.5. The van der Waals surface area contributed by atoms with E-state index in [2.05, 4.69) is 0 Å². The second kappa shape index (κ2) is 5.78. The van der Waals surface area contributed by atoms with Crippen LogP contribution in [0.25, 0.3) is 0 Å². The van der Waals surface area contributed by atoms with Crippen LogP contribution < -0.4 is 9.47 Å². The zero-order valence-corrected chi connectivity index (χ0v) is 11.1. The van der Waals surface area contributed by atoms with Crippen LogP contribution in [0.2, 0.25) is 5.02 Å². The fourth-order valence-corrected chi connectivity index (χ4v) is 2.03. The summed E-state index contributed by atoms with van der Waals surface area (Å²) in [5, 5.41) is 10.9. The third-order valence-electron chi connectivity index (χ3n) is 3.05. The van der Waals surface area contributed by atoms with Gasteiger partial charge in [0.05, 0.1) is 7.11 Å². The molecule has 1 aliphatic rings. The van der Waals surface area contributed by atoms with Crippen LogP contribution in [0.5, 0.6) is 11.5 Å². The second-order valence-electron chi connectivity index (χ2n) is 4.42. The van der Waals surface area contributed by atoms with Gasteiger partial charge in [-0.2, -0.15) is 0 Å². The van der Waals surface area contributed by atoms with E-state index in [1.807, 2.05) is 0 Å². The molecule has 1 heterocycles. The maximum absolute atomic E-state index is 10.3. The number of ether oxygens (including phenoxy) is 3. The smallest absolute Gasteiger partial charge is 0.162 e. The zero-order valence-electron chi connectivity index (χ0n) is 10.3. The van der Waals surface area contributed by atoms with E-state index in [9.17, 15) is 5.11 Å². The van der Waals surface area contributed by atoms with Crippen molar-refractivity contribution >= 4 is 11.6 Å². The highest BCUT2D eigenvalue weighted by molar-refractivity contribution is 6.30. The molecule has 1 saturated heterocycles. The van der Waals surface area contributed by atoms with Crippen LogP contribution in [0.1, 0.15) is 12.8 Å². The zero-order chi connectivity index (χ0) is 13.0. The van der Waals surface area contributed by atoms with Crippen molar-refractivity contribution in [2.24, 2.45) is 0 Å². The van der Waals surface area contributed by atoms with Gasteiger partial charge >= 0.3 is 0 Å². The normalized spacial score (nSPS) is 18.4. The average molecular weight is 273 g/mol. The molecule has 0 bridgehead atoms. The molecule has 5 heteroatoms. The summed E-state index contributed by atoms with van der Waals surface area (Å²) in [4.78, 5) is 0. The summed E-state index contributed by atoms with van der Waals surface area (Å²) < 4.78 is 16.0. The number of methoxy groups -OCH3 is 1. The third kappa shape index (κ3) is 3.28. The molecule has 0 atom stereocenters. The molecule has 4 nitrogen and oxygen atoms in total. The number of hydrogen-bond acceptors (Lipinski definition) is 4. The predicted molar refractivity (Wildman–Crippen MR) is 68.5 cm³/mol. The van der Waals surface area contributed by atoms with E-state index in [4.69, 9.17) is 25.8 Å². The monoisotopic (exact) mass is 272 g/mol. The Balaban J connectivity index is 2.01. The predicted octanol–water partition coefficient (Wildman–Crippen LogP) is 2.27. The van der Waals surface area contributed by atoms with Gasteiger partial charge in [-0.25, -0.2) is 0 Å². The molecule has 0 aliphatic carbocycles. The summed E-state index contributed by atoms with van der Waals surface area (Å²) in [6, 6.07) is 5.15. The topological polar surface area (TPSA) is 47.9 Å². The first-order chi connectivity index (χ1) is 8.63. The molecule has 0 spiro atoms. The SMILES string of the molecule is COc1cc(Cl)ccc1OCC1(O)CCOCC1. The van der Waals surface area contributed by atoms with Crippen LogP contribution in [0.4, 0.5) is 0 Å². The van der Waals surface area contributed by atoms with Crippen molar-refractivity contribution in [2.75, 3.05) is 26.9 Å². The van der Waals surface area contributed by atoms with Crippen LogP contribution in [-0.2, 0) is 4.74 Å². The molecule has 1 N–H and O–H groups in total. The highest BCUT2D eigenvalue weighted by Crippen LogP contribution is 2.31. The molecule has 1 aromatic carbocycles. The maximum atomic E-state index is 10.3. The number of halogens is 1. The van der Waals surface area contributed by atoms with E-state index in [-0.39, 0.29) is 6.61 Å². The average Bonchev–Trinajstić information content (AvgIpc) is 2.38. The fraction of sp³-hybridized carbons (Fsp3) is 0.538. The number of hydrogen-bond donors (Lipinski definition) is 1. The fourth-order valence-electron chi connectivity index (χ4n) is 1.87. The summed E-state index contributed by atoms with van der Waals surface area (Å²) in [6.45, 7) is 1.36. The summed E-state index contributed by atoms with van der Waals surface area (Å²) in [5.41, 5.74) is -0.817. The summed E-state index contributed by atoms with van der Waals surface area (Å²) in [6.07, 6.45) is 1.17. The van der Waals surface area contributed by atoms with Gasteiger partial charge in [0.2, 0.25) is 0 Å².